The summed E-state index contributed by atoms with van der Waals surface area (Å²) in [6, 6.07) is 0.795. The van der Waals surface area contributed by atoms with Gasteiger partial charge in [-0.25, -0.2) is 0 Å². The Kier molecular flexibility index (Phi) is 5.25. The Morgan fingerprint density at radius 2 is 2.32 bits per heavy atom. The SMILES string of the molecule is CCCn1cc(CN2CCC3NCCC3C2)cn1.Cl. The fourth-order valence-corrected chi connectivity index (χ4v) is 3.36. The van der Waals surface area contributed by atoms with E-state index in [-0.39, 0.29) is 12.4 Å². The normalized spacial score (nSPS) is 27.0. The zero-order chi connectivity index (χ0) is 12.4. The van der Waals surface area contributed by atoms with Crippen molar-refractivity contribution in [2.75, 3.05) is 19.6 Å². The lowest BCUT2D eigenvalue weighted by Crippen LogP contribution is -2.43. The molecular formula is C14H25ClN4. The molecule has 2 saturated heterocycles. The average Bonchev–Trinajstić information content (AvgIpc) is 2.98. The van der Waals surface area contributed by atoms with E-state index in [9.17, 15) is 0 Å². The first-order valence-electron chi connectivity index (χ1n) is 7.32. The molecule has 0 saturated carbocycles. The minimum atomic E-state index is 0. The Hall–Kier alpha value is -0.580. The summed E-state index contributed by atoms with van der Waals surface area (Å²) >= 11 is 0. The first kappa shape index (κ1) is 14.8. The third kappa shape index (κ3) is 3.50. The van der Waals surface area contributed by atoms with Crippen LogP contribution in [0.15, 0.2) is 12.4 Å². The highest BCUT2D eigenvalue weighted by molar-refractivity contribution is 5.85. The van der Waals surface area contributed by atoms with E-state index in [4.69, 9.17) is 0 Å². The molecule has 2 unspecified atom stereocenters. The second-order valence-electron chi connectivity index (χ2n) is 5.74. The van der Waals surface area contributed by atoms with Gasteiger partial charge in [-0.05, 0) is 38.3 Å². The number of halogens is 1. The minimum absolute atomic E-state index is 0. The molecule has 3 heterocycles. The van der Waals surface area contributed by atoms with Crippen LogP contribution in [-0.4, -0.2) is 40.4 Å². The Morgan fingerprint density at radius 1 is 1.42 bits per heavy atom. The van der Waals surface area contributed by atoms with E-state index < -0.39 is 0 Å². The van der Waals surface area contributed by atoms with Crippen molar-refractivity contribution >= 4 is 12.4 Å². The van der Waals surface area contributed by atoms with E-state index in [0.717, 1.165) is 31.5 Å². The number of nitrogens with zero attached hydrogens (tertiary/aromatic N) is 3. The summed E-state index contributed by atoms with van der Waals surface area (Å²) in [4.78, 5) is 2.60. The van der Waals surface area contributed by atoms with Crippen molar-refractivity contribution in [3.8, 4) is 0 Å². The van der Waals surface area contributed by atoms with E-state index in [1.54, 1.807) is 0 Å². The molecule has 0 spiro atoms. The van der Waals surface area contributed by atoms with Crippen LogP contribution in [0.4, 0.5) is 0 Å². The van der Waals surface area contributed by atoms with Crippen molar-refractivity contribution in [1.29, 1.82) is 0 Å². The predicted octanol–water partition coefficient (Wildman–Crippen LogP) is 1.90. The lowest BCUT2D eigenvalue weighted by Gasteiger charge is -2.34. The van der Waals surface area contributed by atoms with Crippen LogP contribution in [0.5, 0.6) is 0 Å². The lowest BCUT2D eigenvalue weighted by atomic mass is 9.93. The van der Waals surface area contributed by atoms with Gasteiger partial charge in [0.2, 0.25) is 0 Å². The van der Waals surface area contributed by atoms with Gasteiger partial charge in [0.25, 0.3) is 0 Å². The molecule has 2 aliphatic rings. The van der Waals surface area contributed by atoms with Crippen LogP contribution in [0.1, 0.15) is 31.7 Å². The molecule has 1 N–H and O–H groups in total. The molecule has 1 aromatic heterocycles. The molecule has 3 rings (SSSR count). The smallest absolute Gasteiger partial charge is 0.0534 e. The zero-order valence-electron chi connectivity index (χ0n) is 11.7. The van der Waals surface area contributed by atoms with E-state index in [1.165, 1.54) is 38.0 Å². The molecular weight excluding hydrogens is 260 g/mol. The molecule has 4 nitrogen and oxygen atoms in total. The monoisotopic (exact) mass is 284 g/mol. The second-order valence-corrected chi connectivity index (χ2v) is 5.74. The molecule has 0 bridgehead atoms. The van der Waals surface area contributed by atoms with Crippen LogP contribution in [0.25, 0.3) is 0 Å². The fourth-order valence-electron chi connectivity index (χ4n) is 3.36. The molecule has 0 aromatic carbocycles. The van der Waals surface area contributed by atoms with Crippen LogP contribution >= 0.6 is 12.4 Å². The Morgan fingerprint density at radius 3 is 3.16 bits per heavy atom. The number of piperidine rings is 1. The Balaban J connectivity index is 0.00000133. The van der Waals surface area contributed by atoms with Crippen molar-refractivity contribution in [3.63, 3.8) is 0 Å². The number of aromatic nitrogens is 2. The van der Waals surface area contributed by atoms with Gasteiger partial charge in [0.05, 0.1) is 6.20 Å². The summed E-state index contributed by atoms with van der Waals surface area (Å²) in [5.41, 5.74) is 1.37. The van der Waals surface area contributed by atoms with Gasteiger partial charge in [-0.15, -0.1) is 12.4 Å². The fraction of sp³-hybridized carbons (Fsp3) is 0.786. The van der Waals surface area contributed by atoms with Crippen molar-refractivity contribution in [2.45, 2.75) is 45.3 Å². The van der Waals surface area contributed by atoms with E-state index in [1.807, 2.05) is 6.20 Å². The quantitative estimate of drug-likeness (QED) is 0.917. The largest absolute Gasteiger partial charge is 0.314 e. The first-order valence-corrected chi connectivity index (χ1v) is 7.32. The number of fused-ring (bicyclic) bond motifs is 1. The maximum Gasteiger partial charge on any atom is 0.0534 e. The Labute approximate surface area is 122 Å². The highest BCUT2D eigenvalue weighted by Crippen LogP contribution is 2.25. The minimum Gasteiger partial charge on any atom is -0.314 e. The average molecular weight is 285 g/mol. The maximum atomic E-state index is 4.42. The van der Waals surface area contributed by atoms with Gasteiger partial charge in [-0.3, -0.25) is 9.58 Å². The topological polar surface area (TPSA) is 33.1 Å². The molecule has 0 amide bonds. The van der Waals surface area contributed by atoms with Gasteiger partial charge in [-0.2, -0.15) is 5.10 Å². The third-order valence-electron chi connectivity index (χ3n) is 4.29. The summed E-state index contributed by atoms with van der Waals surface area (Å²) in [7, 11) is 0. The highest BCUT2D eigenvalue weighted by Gasteiger charge is 2.32. The summed E-state index contributed by atoms with van der Waals surface area (Å²) in [5.74, 6) is 0.879. The van der Waals surface area contributed by atoms with Gasteiger partial charge in [0.1, 0.15) is 0 Å². The molecule has 2 atom stereocenters. The molecule has 0 radical (unpaired) electrons. The number of hydrogen-bond acceptors (Lipinski definition) is 3. The molecule has 108 valence electrons. The third-order valence-corrected chi connectivity index (χ3v) is 4.29. The summed E-state index contributed by atoms with van der Waals surface area (Å²) in [6.45, 7) is 8.02. The predicted molar refractivity (Wildman–Crippen MR) is 79.6 cm³/mol. The van der Waals surface area contributed by atoms with Crippen molar-refractivity contribution in [2.24, 2.45) is 5.92 Å². The van der Waals surface area contributed by atoms with Crippen LogP contribution in [0.3, 0.4) is 0 Å². The zero-order valence-corrected chi connectivity index (χ0v) is 12.5. The molecule has 5 heteroatoms. The molecule has 2 aliphatic heterocycles. The number of rotatable bonds is 4. The molecule has 0 aliphatic carbocycles. The van der Waals surface area contributed by atoms with Crippen LogP contribution < -0.4 is 5.32 Å². The Bertz CT molecular complexity index is 393. The summed E-state index contributed by atoms with van der Waals surface area (Å²) in [5, 5.41) is 8.04. The van der Waals surface area contributed by atoms with E-state index in [0.29, 0.717) is 0 Å². The molecule has 2 fully saturated rings. The van der Waals surface area contributed by atoms with Crippen LogP contribution in [0, 0.1) is 5.92 Å². The number of nitrogens with one attached hydrogen (secondary N) is 1. The molecule has 1 aromatic rings. The van der Waals surface area contributed by atoms with E-state index in [2.05, 4.69) is 33.1 Å². The van der Waals surface area contributed by atoms with E-state index >= 15 is 0 Å². The van der Waals surface area contributed by atoms with Crippen LogP contribution in [-0.2, 0) is 13.1 Å². The second kappa shape index (κ2) is 6.73. The molecule has 19 heavy (non-hydrogen) atoms. The first-order chi connectivity index (χ1) is 8.85. The van der Waals surface area contributed by atoms with Crippen LogP contribution in [0.2, 0.25) is 0 Å². The van der Waals surface area contributed by atoms with Gasteiger partial charge >= 0.3 is 0 Å². The summed E-state index contributed by atoms with van der Waals surface area (Å²) in [6.07, 6.45) is 8.07. The highest BCUT2D eigenvalue weighted by atomic mass is 35.5. The standard InChI is InChI=1S/C14H24N4.ClH/c1-2-6-18-10-12(8-16-18)9-17-7-4-14-13(11-17)3-5-15-14;/h8,10,13-15H,2-7,9,11H2,1H3;1H. The number of aryl methyl sites for hydroxylation is 1. The van der Waals surface area contributed by atoms with Gasteiger partial charge in [-0.1, -0.05) is 6.92 Å². The number of likely N-dealkylation sites (tertiary alicyclic amines) is 1. The maximum absolute atomic E-state index is 4.42. The number of hydrogen-bond donors (Lipinski definition) is 1. The van der Waals surface area contributed by atoms with Gasteiger partial charge < -0.3 is 5.32 Å². The van der Waals surface area contributed by atoms with Crippen molar-refractivity contribution in [3.05, 3.63) is 18.0 Å². The van der Waals surface area contributed by atoms with Gasteiger partial charge in [0, 0.05) is 37.4 Å². The van der Waals surface area contributed by atoms with Crippen molar-refractivity contribution in [1.82, 2.24) is 20.0 Å². The summed E-state index contributed by atoms with van der Waals surface area (Å²) < 4.78 is 2.07. The lowest BCUT2D eigenvalue weighted by molar-refractivity contribution is 0.156. The van der Waals surface area contributed by atoms with Gasteiger partial charge in [0.15, 0.2) is 0 Å². The van der Waals surface area contributed by atoms with Crippen molar-refractivity contribution < 1.29 is 0 Å².